The first-order chi connectivity index (χ1) is 17.9. The number of hydrogen-bond donors (Lipinski definition) is 0. The van der Waals surface area contributed by atoms with E-state index in [4.69, 9.17) is 17.0 Å². The van der Waals surface area contributed by atoms with Gasteiger partial charge in [0, 0.05) is 0 Å². The minimum atomic E-state index is -0.826. The molecule has 184 valence electrons. The summed E-state index contributed by atoms with van der Waals surface area (Å²) in [7, 11) is 10.7. The van der Waals surface area contributed by atoms with Gasteiger partial charge in [-0.2, -0.15) is 35.5 Å². The Balaban J connectivity index is 0.000000170. The van der Waals surface area contributed by atoms with Crippen molar-refractivity contribution in [3.63, 3.8) is 0 Å². The van der Waals surface area contributed by atoms with Crippen LogP contribution in [0, 0.1) is 6.07 Å². The van der Waals surface area contributed by atoms with Gasteiger partial charge in [0.2, 0.25) is 0 Å². The van der Waals surface area contributed by atoms with Crippen molar-refractivity contribution in [1.29, 1.82) is 0 Å². The minimum absolute atomic E-state index is 0.194. The van der Waals surface area contributed by atoms with Crippen molar-refractivity contribution >= 4 is 47.7 Å². The molecule has 1 aliphatic heterocycles. The van der Waals surface area contributed by atoms with Crippen molar-refractivity contribution in [2.75, 3.05) is 0 Å². The summed E-state index contributed by atoms with van der Waals surface area (Å²) in [6.45, 7) is 9.08. The third-order valence-electron chi connectivity index (χ3n) is 6.62. The van der Waals surface area contributed by atoms with Crippen molar-refractivity contribution in [3.05, 3.63) is 114 Å². The van der Waals surface area contributed by atoms with Crippen molar-refractivity contribution < 1.29 is 20.8 Å². The summed E-state index contributed by atoms with van der Waals surface area (Å²) in [5.41, 5.74) is 8.54. The van der Waals surface area contributed by atoms with Crippen LogP contribution in [-0.4, -0.2) is 9.52 Å². The number of halogens is 2. The molecular formula is C33H30Cl2SiZr. The molecule has 0 atom stereocenters. The molecule has 4 heteroatoms. The van der Waals surface area contributed by atoms with E-state index in [2.05, 4.69) is 125 Å². The van der Waals surface area contributed by atoms with Crippen LogP contribution >= 0.6 is 17.0 Å². The third kappa shape index (κ3) is 6.61. The van der Waals surface area contributed by atoms with E-state index >= 15 is 0 Å². The summed E-state index contributed by atoms with van der Waals surface area (Å²) in [6.07, 6.45) is 1.07. The Morgan fingerprint density at radius 3 is 2.24 bits per heavy atom. The normalized spacial score (nSPS) is 11.4. The largest absolute Gasteiger partial charge is 0.184 e. The second-order valence-electron chi connectivity index (χ2n) is 10.0. The van der Waals surface area contributed by atoms with E-state index in [-0.39, 0.29) is 5.41 Å². The molecule has 5 aromatic carbocycles. The van der Waals surface area contributed by atoms with E-state index in [1.807, 2.05) is 6.07 Å². The van der Waals surface area contributed by atoms with E-state index in [1.165, 1.54) is 54.5 Å². The standard InChI is InChI=1S/C21H23.C12H7Si.2ClH.Zr/c1-5-15-11-12-17-13-18(21(2,3)4)14-19(17)20(15)16-9-7-6-8-10-16;1-3-7-11-9(5-1)10-6-2-4-8-12(10)13-11;;;/h6-14H,5H2,1-4H3;1-7H;2*1H;/q2*-1;;;+4/p-2. The first-order valence-electron chi connectivity index (χ1n) is 12.5. The van der Waals surface area contributed by atoms with Crippen LogP contribution in [0.25, 0.3) is 33.0 Å². The second-order valence-corrected chi connectivity index (χ2v) is 15.0. The molecule has 0 aliphatic carbocycles. The van der Waals surface area contributed by atoms with Crippen molar-refractivity contribution in [3.8, 4) is 22.3 Å². The van der Waals surface area contributed by atoms with E-state index in [1.54, 1.807) is 0 Å². The maximum absolute atomic E-state index is 4.93. The van der Waals surface area contributed by atoms with Gasteiger partial charge in [0.1, 0.15) is 0 Å². The molecule has 37 heavy (non-hydrogen) atoms. The SMILES string of the molecule is CCc1ccc2[cH-]c(C(C)(C)C)cc2c1-c1ccccc1.[Cl][Zr+2][Cl].[c-]1cccc2c1[Si]c1ccccc1-2. The van der Waals surface area contributed by atoms with Gasteiger partial charge in [0.15, 0.2) is 0 Å². The van der Waals surface area contributed by atoms with Crippen LogP contribution in [0.4, 0.5) is 0 Å². The molecule has 0 aromatic heterocycles. The third-order valence-corrected chi connectivity index (χ3v) is 7.99. The fourth-order valence-electron chi connectivity index (χ4n) is 4.73. The fraction of sp³-hybridized carbons (Fsp3) is 0.182. The molecule has 0 saturated carbocycles. The molecule has 6 rings (SSSR count). The van der Waals surface area contributed by atoms with Crippen molar-refractivity contribution in [2.45, 2.75) is 39.5 Å². The van der Waals surface area contributed by atoms with Gasteiger partial charge in [0.05, 0.1) is 9.52 Å². The average molecular weight is 617 g/mol. The Morgan fingerprint density at radius 1 is 0.865 bits per heavy atom. The van der Waals surface area contributed by atoms with Crippen LogP contribution in [0.3, 0.4) is 0 Å². The van der Waals surface area contributed by atoms with Crippen LogP contribution in [0.5, 0.6) is 0 Å². The smallest absolute Gasteiger partial charge is 0.0920 e. The van der Waals surface area contributed by atoms with Gasteiger partial charge in [-0.3, -0.25) is 0 Å². The van der Waals surface area contributed by atoms with E-state index < -0.39 is 20.8 Å². The van der Waals surface area contributed by atoms with Gasteiger partial charge in [-0.15, -0.1) is 40.1 Å². The Hall–Kier alpha value is -1.83. The number of rotatable bonds is 2. The van der Waals surface area contributed by atoms with E-state index in [0.29, 0.717) is 0 Å². The Bertz CT molecular complexity index is 1420. The molecule has 1 heterocycles. The van der Waals surface area contributed by atoms with Crippen LogP contribution < -0.4 is 10.4 Å². The first-order valence-corrected chi connectivity index (χ1v) is 19.8. The number of hydrogen-bond acceptors (Lipinski definition) is 0. The molecule has 0 spiro atoms. The molecule has 0 fully saturated rings. The Kier molecular flexibility index (Phi) is 9.76. The average Bonchev–Trinajstić information content (AvgIpc) is 3.51. The Labute approximate surface area is 242 Å². The summed E-state index contributed by atoms with van der Waals surface area (Å²) in [5.74, 6) is 0. The molecule has 5 aromatic rings. The van der Waals surface area contributed by atoms with E-state index in [0.717, 1.165) is 15.9 Å². The van der Waals surface area contributed by atoms with Gasteiger partial charge in [-0.25, -0.2) is 0 Å². The molecule has 0 unspecified atom stereocenters. The van der Waals surface area contributed by atoms with Gasteiger partial charge in [-0.1, -0.05) is 104 Å². The van der Waals surface area contributed by atoms with Crippen molar-refractivity contribution in [1.82, 2.24) is 0 Å². The maximum Gasteiger partial charge on any atom is 0.0920 e. The monoisotopic (exact) mass is 614 g/mol. The Morgan fingerprint density at radius 2 is 1.54 bits per heavy atom. The van der Waals surface area contributed by atoms with Crippen molar-refractivity contribution in [2.24, 2.45) is 0 Å². The van der Waals surface area contributed by atoms with Gasteiger partial charge in [-0.05, 0) is 17.4 Å². The molecule has 1 aliphatic rings. The molecule has 2 radical (unpaired) electrons. The van der Waals surface area contributed by atoms with Crippen LogP contribution in [0.2, 0.25) is 0 Å². The molecule has 0 saturated heterocycles. The van der Waals surface area contributed by atoms with E-state index in [9.17, 15) is 0 Å². The topological polar surface area (TPSA) is 0 Å². The molecule has 0 nitrogen and oxygen atoms in total. The van der Waals surface area contributed by atoms with Crippen LogP contribution in [0.15, 0.2) is 97.1 Å². The van der Waals surface area contributed by atoms with Gasteiger partial charge < -0.3 is 0 Å². The fourth-order valence-corrected chi connectivity index (χ4v) is 6.04. The zero-order valence-electron chi connectivity index (χ0n) is 21.7. The van der Waals surface area contributed by atoms with Crippen LogP contribution in [0.1, 0.15) is 38.8 Å². The predicted molar refractivity (Wildman–Crippen MR) is 160 cm³/mol. The number of aryl methyl sites for hydroxylation is 1. The summed E-state index contributed by atoms with van der Waals surface area (Å²) >= 11 is -0.826. The summed E-state index contributed by atoms with van der Waals surface area (Å²) in [4.78, 5) is 0. The quantitative estimate of drug-likeness (QED) is 0.135. The molecule has 0 amide bonds. The second kappa shape index (κ2) is 12.8. The summed E-state index contributed by atoms with van der Waals surface area (Å²) < 4.78 is 0. The van der Waals surface area contributed by atoms with Gasteiger partial charge >= 0.3 is 37.9 Å². The zero-order valence-corrected chi connectivity index (χ0v) is 26.7. The molecule has 0 bridgehead atoms. The molecule has 0 N–H and O–H groups in total. The maximum atomic E-state index is 4.93. The minimum Gasteiger partial charge on any atom is -0.184 e. The van der Waals surface area contributed by atoms with Gasteiger partial charge in [0.25, 0.3) is 0 Å². The van der Waals surface area contributed by atoms with Crippen LogP contribution in [-0.2, 0) is 32.7 Å². The molecular weight excluding hydrogens is 587 g/mol. The summed E-state index contributed by atoms with van der Waals surface area (Å²) in [5, 5.41) is 5.57. The first kappa shape index (κ1) is 28.2. The summed E-state index contributed by atoms with van der Waals surface area (Å²) in [6, 6.07) is 38.2. The number of fused-ring (bicyclic) bond motifs is 4. The number of benzene rings is 4. The predicted octanol–water partition coefficient (Wildman–Crippen LogP) is 8.58. The zero-order chi connectivity index (χ0) is 26.4.